The van der Waals surface area contributed by atoms with E-state index >= 15 is 0 Å². The van der Waals surface area contributed by atoms with Crippen LogP contribution in [-0.4, -0.2) is 10.9 Å². The summed E-state index contributed by atoms with van der Waals surface area (Å²) in [4.78, 5) is 19.6. The predicted molar refractivity (Wildman–Crippen MR) is 142 cm³/mol. The molecule has 3 aromatic carbocycles. The van der Waals surface area contributed by atoms with Gasteiger partial charge >= 0.3 is 0 Å². The number of nitrogen functional groups attached to an aromatic ring is 1. The van der Waals surface area contributed by atoms with Crippen LogP contribution in [0.2, 0.25) is 0 Å². The smallest absolute Gasteiger partial charge is 0.251 e. The van der Waals surface area contributed by atoms with Crippen molar-refractivity contribution < 1.29 is 9.21 Å². The highest BCUT2D eigenvalue weighted by atomic mass is 32.2. The number of rotatable bonds is 5. The first-order chi connectivity index (χ1) is 17.0. The molecule has 3 aromatic heterocycles. The molecule has 0 aliphatic heterocycles. The number of furan rings is 2. The Balaban J connectivity index is 1.29. The number of aromatic nitrogens is 1. The molecular formula is C29H23N3O2S. The van der Waals surface area contributed by atoms with Crippen LogP contribution < -0.4 is 11.1 Å². The van der Waals surface area contributed by atoms with Gasteiger partial charge in [-0.05, 0) is 79.6 Å². The van der Waals surface area contributed by atoms with Crippen LogP contribution in [0, 0.1) is 13.8 Å². The second-order valence-corrected chi connectivity index (χ2v) is 9.90. The number of hydrogen-bond acceptors (Lipinski definition) is 5. The van der Waals surface area contributed by atoms with Gasteiger partial charge < -0.3 is 15.5 Å². The summed E-state index contributed by atoms with van der Waals surface area (Å²) in [7, 11) is 0. The van der Waals surface area contributed by atoms with E-state index in [0.717, 1.165) is 49.5 Å². The fraction of sp³-hybridized carbons (Fsp3) is 0.103. The van der Waals surface area contributed by atoms with Crippen LogP contribution in [0.4, 0.5) is 5.82 Å². The largest absolute Gasteiger partial charge is 0.455 e. The molecule has 0 aliphatic rings. The molecule has 0 radical (unpaired) electrons. The van der Waals surface area contributed by atoms with Gasteiger partial charge in [-0.15, -0.1) is 0 Å². The van der Waals surface area contributed by atoms with Crippen molar-refractivity contribution in [2.75, 3.05) is 5.73 Å². The minimum absolute atomic E-state index is 0.133. The van der Waals surface area contributed by atoms with Crippen molar-refractivity contribution in [1.29, 1.82) is 0 Å². The fourth-order valence-electron chi connectivity index (χ4n) is 4.71. The molecule has 3 N–H and O–H groups in total. The third-order valence-electron chi connectivity index (χ3n) is 6.43. The second kappa shape index (κ2) is 8.32. The van der Waals surface area contributed by atoms with Crippen molar-refractivity contribution in [2.45, 2.75) is 30.2 Å². The van der Waals surface area contributed by atoms with Gasteiger partial charge in [0, 0.05) is 49.1 Å². The Kier molecular flexibility index (Phi) is 5.11. The van der Waals surface area contributed by atoms with Crippen LogP contribution >= 0.6 is 11.8 Å². The topological polar surface area (TPSA) is 81.1 Å². The van der Waals surface area contributed by atoms with Crippen LogP contribution in [0.25, 0.3) is 32.7 Å². The maximum atomic E-state index is 13.0. The van der Waals surface area contributed by atoms with E-state index in [0.29, 0.717) is 17.9 Å². The van der Waals surface area contributed by atoms with Crippen LogP contribution in [0.3, 0.4) is 0 Å². The van der Waals surface area contributed by atoms with Crippen molar-refractivity contribution in [3.63, 3.8) is 0 Å². The first-order valence-corrected chi connectivity index (χ1v) is 12.2. The molecule has 0 saturated heterocycles. The van der Waals surface area contributed by atoms with Crippen molar-refractivity contribution in [1.82, 2.24) is 10.3 Å². The summed E-state index contributed by atoms with van der Waals surface area (Å²) in [6, 6.07) is 24.3. The van der Waals surface area contributed by atoms with Gasteiger partial charge in [0.15, 0.2) is 0 Å². The lowest BCUT2D eigenvalue weighted by Crippen LogP contribution is -2.24. The molecule has 0 unspecified atom stereocenters. The highest BCUT2D eigenvalue weighted by molar-refractivity contribution is 7.99. The van der Waals surface area contributed by atoms with E-state index in [9.17, 15) is 4.79 Å². The van der Waals surface area contributed by atoms with E-state index in [1.807, 2.05) is 56.3 Å². The highest BCUT2D eigenvalue weighted by Gasteiger charge is 2.19. The van der Waals surface area contributed by atoms with Gasteiger partial charge in [-0.1, -0.05) is 30.0 Å². The average Bonchev–Trinajstić information content (AvgIpc) is 3.41. The van der Waals surface area contributed by atoms with Gasteiger partial charge in [0.1, 0.15) is 17.0 Å². The van der Waals surface area contributed by atoms with Gasteiger partial charge in [-0.25, -0.2) is 4.98 Å². The number of nitrogens with two attached hydrogens (primary N) is 1. The Hall–Kier alpha value is -4.03. The predicted octanol–water partition coefficient (Wildman–Crippen LogP) is 6.85. The van der Waals surface area contributed by atoms with Crippen LogP contribution in [0.5, 0.6) is 0 Å². The maximum absolute atomic E-state index is 13.0. The number of carbonyl (C=O) groups is 1. The molecule has 172 valence electrons. The molecule has 0 atom stereocenters. The Morgan fingerprint density at radius 3 is 2.34 bits per heavy atom. The number of amides is 1. The molecule has 0 saturated carbocycles. The molecule has 0 aliphatic carbocycles. The first kappa shape index (κ1) is 21.5. The van der Waals surface area contributed by atoms with Crippen molar-refractivity contribution in [3.8, 4) is 0 Å². The van der Waals surface area contributed by atoms with E-state index in [4.69, 9.17) is 10.2 Å². The summed E-state index contributed by atoms with van der Waals surface area (Å²) in [5.41, 5.74) is 10.9. The van der Waals surface area contributed by atoms with Crippen molar-refractivity contribution >= 4 is 56.2 Å². The van der Waals surface area contributed by atoms with E-state index in [2.05, 4.69) is 40.6 Å². The number of anilines is 1. The molecule has 0 spiro atoms. The number of nitrogens with zero attached hydrogens (tertiary/aromatic N) is 1. The Bertz CT molecular complexity index is 1700. The molecule has 0 fully saturated rings. The zero-order valence-electron chi connectivity index (χ0n) is 19.4. The standard InChI is InChI=1S/C29H23N3O2S/c1-16-12-26(30)32-17(2)25(16)15-31-29(33)18-8-10-21-23(13-18)27-22-11-9-20(14-24(22)28(21)34-27)35-19-6-4-3-5-7-19/h3-14H,15H2,1-2H3,(H2,30,32)(H,31,33). The number of hydrogen-bond donors (Lipinski definition) is 2. The molecule has 35 heavy (non-hydrogen) atoms. The number of aryl methyl sites for hydroxylation is 2. The third-order valence-corrected chi connectivity index (χ3v) is 7.43. The Morgan fingerprint density at radius 2 is 1.60 bits per heavy atom. The lowest BCUT2D eigenvalue weighted by atomic mass is 10.0. The molecule has 6 aromatic rings. The van der Waals surface area contributed by atoms with E-state index < -0.39 is 0 Å². The monoisotopic (exact) mass is 477 g/mol. The second-order valence-electron chi connectivity index (χ2n) is 8.75. The van der Waals surface area contributed by atoms with E-state index in [-0.39, 0.29) is 5.91 Å². The number of pyridine rings is 1. The minimum Gasteiger partial charge on any atom is -0.455 e. The Morgan fingerprint density at radius 1 is 0.886 bits per heavy atom. The summed E-state index contributed by atoms with van der Waals surface area (Å²) in [6.45, 7) is 4.28. The van der Waals surface area contributed by atoms with Gasteiger partial charge in [-0.3, -0.25) is 4.79 Å². The van der Waals surface area contributed by atoms with Crippen LogP contribution in [0.1, 0.15) is 27.2 Å². The highest BCUT2D eigenvalue weighted by Crippen LogP contribution is 2.42. The molecule has 6 heteroatoms. The van der Waals surface area contributed by atoms with Crippen LogP contribution in [-0.2, 0) is 6.54 Å². The maximum Gasteiger partial charge on any atom is 0.251 e. The average molecular weight is 478 g/mol. The lowest BCUT2D eigenvalue weighted by Gasteiger charge is -2.11. The molecule has 6 rings (SSSR count). The van der Waals surface area contributed by atoms with Crippen molar-refractivity contribution in [3.05, 3.63) is 95.2 Å². The summed E-state index contributed by atoms with van der Waals surface area (Å²) >= 11 is 1.73. The number of benzene rings is 4. The van der Waals surface area contributed by atoms with Crippen molar-refractivity contribution in [2.24, 2.45) is 0 Å². The quantitative estimate of drug-likeness (QED) is 0.265. The summed E-state index contributed by atoms with van der Waals surface area (Å²) in [5.74, 6) is 0.357. The molecule has 1 amide bonds. The summed E-state index contributed by atoms with van der Waals surface area (Å²) < 4.78 is 6.20. The zero-order valence-corrected chi connectivity index (χ0v) is 20.2. The van der Waals surface area contributed by atoms with Gasteiger partial charge in [0.05, 0.1) is 0 Å². The first-order valence-electron chi connectivity index (χ1n) is 11.4. The molecule has 3 heterocycles. The Labute approximate surface area is 206 Å². The van der Waals surface area contributed by atoms with E-state index in [1.54, 1.807) is 11.8 Å². The third kappa shape index (κ3) is 3.76. The summed E-state index contributed by atoms with van der Waals surface area (Å²) in [6.07, 6.45) is 0. The molecule has 5 nitrogen and oxygen atoms in total. The SMILES string of the molecule is Cc1cc(N)nc(C)c1CNC(=O)c1ccc2c(c1)c1oc2c2cc(Sc3ccccc3)ccc21. The van der Waals surface area contributed by atoms with Gasteiger partial charge in [0.25, 0.3) is 5.91 Å². The minimum atomic E-state index is -0.133. The molecular weight excluding hydrogens is 454 g/mol. The zero-order chi connectivity index (χ0) is 24.1. The van der Waals surface area contributed by atoms with Gasteiger partial charge in [-0.2, -0.15) is 0 Å². The lowest BCUT2D eigenvalue weighted by molar-refractivity contribution is 0.0951. The number of nitrogens with one attached hydrogen (secondary N) is 1. The number of fused-ring (bicyclic) bond motifs is 8. The summed E-state index contributed by atoms with van der Waals surface area (Å²) in [5, 5.41) is 7.19. The van der Waals surface area contributed by atoms with E-state index in [1.165, 1.54) is 9.79 Å². The van der Waals surface area contributed by atoms with Crippen LogP contribution in [0.15, 0.2) is 87.0 Å². The fourth-order valence-corrected chi connectivity index (χ4v) is 5.58. The normalized spacial score (nSPS) is 11.6. The molecule has 2 bridgehead atoms. The van der Waals surface area contributed by atoms with Gasteiger partial charge in [0.2, 0.25) is 0 Å². The number of carbonyl (C=O) groups excluding carboxylic acids is 1.